The molecule has 40 heavy (non-hydrogen) atoms. The van der Waals surface area contributed by atoms with Gasteiger partial charge < -0.3 is 9.80 Å². The highest BCUT2D eigenvalue weighted by Crippen LogP contribution is 2.37. The number of nitrogens with zero attached hydrogens (tertiary/aromatic N) is 3. The summed E-state index contributed by atoms with van der Waals surface area (Å²) in [5.41, 5.74) is 2.04. The molecule has 0 radical (unpaired) electrons. The Kier molecular flexibility index (Phi) is 15.8. The number of likely N-dealkylation sites (tertiary alicyclic amines) is 3. The molecule has 0 aromatic heterocycles. The first-order chi connectivity index (χ1) is 18.2. The molecule has 3 heterocycles. The van der Waals surface area contributed by atoms with Crippen LogP contribution in [-0.4, -0.2) is 73.6 Å². The van der Waals surface area contributed by atoms with Crippen LogP contribution in [0, 0.1) is 34.0 Å². The lowest BCUT2D eigenvalue weighted by Gasteiger charge is -2.44. The van der Waals surface area contributed by atoms with Gasteiger partial charge in [0.25, 0.3) is 0 Å². The topological polar surface area (TPSA) is 9.72 Å². The predicted octanol–water partition coefficient (Wildman–Crippen LogP) is 9.85. The maximum absolute atomic E-state index is 2.58. The molecule has 240 valence electrons. The van der Waals surface area contributed by atoms with Crippen molar-refractivity contribution in [3.05, 3.63) is 0 Å². The van der Waals surface area contributed by atoms with Crippen LogP contribution in [0.4, 0.5) is 0 Å². The Hall–Kier alpha value is -0.120. The third-order valence-electron chi connectivity index (χ3n) is 10.4. The normalized spacial score (nSPS) is 23.6. The summed E-state index contributed by atoms with van der Waals surface area (Å²) >= 11 is 0. The van der Waals surface area contributed by atoms with Crippen molar-refractivity contribution >= 4 is 0 Å². The van der Waals surface area contributed by atoms with Crippen molar-refractivity contribution in [2.75, 3.05) is 53.4 Å². The Bertz CT molecular complexity index is 603. The van der Waals surface area contributed by atoms with Gasteiger partial charge in [-0.05, 0) is 134 Å². The number of hydrogen-bond donors (Lipinski definition) is 0. The fourth-order valence-electron chi connectivity index (χ4n) is 6.65. The summed E-state index contributed by atoms with van der Waals surface area (Å²) in [6, 6.07) is 0. The van der Waals surface area contributed by atoms with Gasteiger partial charge in [0.2, 0.25) is 0 Å². The smallest absolute Gasteiger partial charge is 0.0125 e. The van der Waals surface area contributed by atoms with E-state index in [1.54, 1.807) is 0 Å². The van der Waals surface area contributed by atoms with Crippen molar-refractivity contribution < 1.29 is 0 Å². The molecular formula is C37H77N3. The second-order valence-corrected chi connectivity index (χ2v) is 18.1. The van der Waals surface area contributed by atoms with E-state index in [0.29, 0.717) is 21.8 Å². The van der Waals surface area contributed by atoms with Crippen LogP contribution in [0.2, 0.25) is 0 Å². The minimum absolute atomic E-state index is 0.403. The Morgan fingerprint density at radius 3 is 1.05 bits per heavy atom. The van der Waals surface area contributed by atoms with E-state index in [9.17, 15) is 0 Å². The van der Waals surface area contributed by atoms with Crippen molar-refractivity contribution in [1.29, 1.82) is 0 Å². The van der Waals surface area contributed by atoms with Gasteiger partial charge in [0.15, 0.2) is 0 Å². The van der Waals surface area contributed by atoms with E-state index in [1.807, 2.05) is 0 Å². The van der Waals surface area contributed by atoms with Crippen molar-refractivity contribution in [3.8, 4) is 0 Å². The lowest BCUT2D eigenvalue weighted by atomic mass is 9.72. The number of piperidine rings is 2. The van der Waals surface area contributed by atoms with Gasteiger partial charge in [0.05, 0.1) is 0 Å². The Balaban J connectivity index is 0.000000267. The zero-order valence-corrected chi connectivity index (χ0v) is 30.4. The molecule has 4 aliphatic rings. The number of rotatable bonds is 0. The van der Waals surface area contributed by atoms with Crippen LogP contribution in [0.1, 0.15) is 147 Å². The van der Waals surface area contributed by atoms with Gasteiger partial charge in [-0.3, -0.25) is 4.90 Å². The summed E-state index contributed by atoms with van der Waals surface area (Å²) in [7, 11) is 4.40. The quantitative estimate of drug-likeness (QED) is 0.290. The average Bonchev–Trinajstić information content (AvgIpc) is 2.82. The van der Waals surface area contributed by atoms with Crippen molar-refractivity contribution in [3.63, 3.8) is 0 Å². The zero-order chi connectivity index (χ0) is 30.8. The lowest BCUT2D eigenvalue weighted by Crippen LogP contribution is -2.49. The SMILES string of the molecule is CC(C)(C)C1CCCCC1.CC(C)(C)N1CCCCC1.CN1CC(C(C)(C)C)C1.CN1CCC(C(C)(C)C)CC1. The molecule has 3 heteroatoms. The first-order valence-electron chi connectivity index (χ1n) is 17.3. The Morgan fingerprint density at radius 1 is 0.400 bits per heavy atom. The maximum atomic E-state index is 2.58. The van der Waals surface area contributed by atoms with E-state index in [1.165, 1.54) is 103 Å². The molecule has 0 atom stereocenters. The van der Waals surface area contributed by atoms with Crippen molar-refractivity contribution in [1.82, 2.24) is 14.7 Å². The molecule has 0 bridgehead atoms. The fraction of sp³-hybridized carbons (Fsp3) is 1.00. The second kappa shape index (κ2) is 16.7. The van der Waals surface area contributed by atoms with Gasteiger partial charge in [-0.2, -0.15) is 0 Å². The van der Waals surface area contributed by atoms with Crippen LogP contribution in [0.5, 0.6) is 0 Å². The number of hydrogen-bond acceptors (Lipinski definition) is 3. The van der Waals surface area contributed by atoms with Crippen LogP contribution < -0.4 is 0 Å². The Morgan fingerprint density at radius 2 is 0.775 bits per heavy atom. The molecule has 0 spiro atoms. The van der Waals surface area contributed by atoms with Gasteiger partial charge in [0, 0.05) is 18.6 Å². The van der Waals surface area contributed by atoms with Gasteiger partial charge in [-0.15, -0.1) is 0 Å². The summed E-state index contributed by atoms with van der Waals surface area (Å²) in [6.45, 7) is 35.9. The summed E-state index contributed by atoms with van der Waals surface area (Å²) in [5.74, 6) is 2.88. The van der Waals surface area contributed by atoms with Crippen LogP contribution >= 0.6 is 0 Å². The van der Waals surface area contributed by atoms with Crippen molar-refractivity contribution in [2.24, 2.45) is 34.0 Å². The van der Waals surface area contributed by atoms with Crippen LogP contribution in [0.25, 0.3) is 0 Å². The summed E-state index contributed by atoms with van der Waals surface area (Å²) in [4.78, 5) is 7.38. The molecule has 3 saturated heterocycles. The van der Waals surface area contributed by atoms with Gasteiger partial charge in [0.1, 0.15) is 0 Å². The second-order valence-electron chi connectivity index (χ2n) is 18.1. The molecule has 3 aliphatic heterocycles. The summed E-state index contributed by atoms with van der Waals surface area (Å²) < 4.78 is 0. The van der Waals surface area contributed by atoms with Gasteiger partial charge >= 0.3 is 0 Å². The van der Waals surface area contributed by atoms with E-state index < -0.39 is 0 Å². The molecule has 0 aromatic carbocycles. The Labute approximate surface area is 254 Å². The molecule has 1 saturated carbocycles. The zero-order valence-electron chi connectivity index (χ0n) is 30.4. The first kappa shape index (κ1) is 37.9. The molecule has 4 rings (SSSR count). The van der Waals surface area contributed by atoms with Crippen LogP contribution in [0.3, 0.4) is 0 Å². The van der Waals surface area contributed by atoms with Gasteiger partial charge in [-0.1, -0.05) is 88.0 Å². The van der Waals surface area contributed by atoms with Crippen LogP contribution in [-0.2, 0) is 0 Å². The largest absolute Gasteiger partial charge is 0.306 e. The molecule has 1 aliphatic carbocycles. The standard InChI is InChI=1S/C10H21N.C10H20.C9H19N.C8H17N/c1-10(2,3)9-5-7-11(4)8-6-9;1-10(2,3)9-7-5-4-6-8-9;1-9(2,3)10-7-5-4-6-8-10;1-8(2,3)7-5-9(4)6-7/h9H,5-8H2,1-4H3;9H,4-8H2,1-3H3;4-8H2,1-3H3;7H,5-6H2,1-4H3. The van der Waals surface area contributed by atoms with E-state index in [-0.39, 0.29) is 0 Å². The highest BCUT2D eigenvalue weighted by atomic mass is 15.2. The molecule has 4 fully saturated rings. The minimum atomic E-state index is 0.403. The highest BCUT2D eigenvalue weighted by Gasteiger charge is 2.33. The third kappa shape index (κ3) is 15.4. The highest BCUT2D eigenvalue weighted by molar-refractivity contribution is 4.86. The van der Waals surface area contributed by atoms with Crippen molar-refractivity contribution in [2.45, 2.75) is 153 Å². The van der Waals surface area contributed by atoms with Gasteiger partial charge in [-0.25, -0.2) is 0 Å². The first-order valence-corrected chi connectivity index (χ1v) is 17.3. The maximum Gasteiger partial charge on any atom is 0.0125 e. The molecule has 0 amide bonds. The van der Waals surface area contributed by atoms with E-state index in [4.69, 9.17) is 0 Å². The van der Waals surface area contributed by atoms with Crippen LogP contribution in [0.15, 0.2) is 0 Å². The minimum Gasteiger partial charge on any atom is -0.306 e. The predicted molar refractivity (Wildman–Crippen MR) is 181 cm³/mol. The van der Waals surface area contributed by atoms with E-state index in [0.717, 1.165) is 17.8 Å². The third-order valence-corrected chi connectivity index (χ3v) is 10.4. The monoisotopic (exact) mass is 564 g/mol. The molecule has 0 aromatic rings. The fourth-order valence-corrected chi connectivity index (χ4v) is 6.65. The average molecular weight is 564 g/mol. The van der Waals surface area contributed by atoms with E-state index in [2.05, 4.69) is 112 Å². The molecular weight excluding hydrogens is 486 g/mol. The lowest BCUT2D eigenvalue weighted by molar-refractivity contribution is 0.0459. The summed E-state index contributed by atoms with van der Waals surface area (Å²) in [6.07, 6.45) is 14.4. The molecule has 0 N–H and O–H groups in total. The van der Waals surface area contributed by atoms with E-state index >= 15 is 0 Å². The summed E-state index contributed by atoms with van der Waals surface area (Å²) in [5, 5.41) is 0. The molecule has 3 nitrogen and oxygen atoms in total. The molecule has 0 unspecified atom stereocenters.